The fourth-order valence-corrected chi connectivity index (χ4v) is 2.52. The van der Waals surface area contributed by atoms with Crippen molar-refractivity contribution in [3.63, 3.8) is 0 Å². The van der Waals surface area contributed by atoms with Crippen LogP contribution in [0.1, 0.15) is 43.7 Å². The van der Waals surface area contributed by atoms with Crippen LogP contribution in [-0.4, -0.2) is 5.78 Å². The van der Waals surface area contributed by atoms with E-state index in [2.05, 4.69) is 19.1 Å². The van der Waals surface area contributed by atoms with E-state index in [9.17, 15) is 4.79 Å². The summed E-state index contributed by atoms with van der Waals surface area (Å²) in [6.07, 6.45) is 4.23. The zero-order valence-corrected chi connectivity index (χ0v) is 13.5. The van der Waals surface area contributed by atoms with Crippen molar-refractivity contribution in [3.8, 4) is 11.5 Å². The van der Waals surface area contributed by atoms with Crippen molar-refractivity contribution >= 4 is 5.78 Å². The Morgan fingerprint density at radius 1 is 1.00 bits per heavy atom. The first kappa shape index (κ1) is 16.3. The minimum atomic E-state index is 0.379. The molecule has 0 unspecified atom stereocenters. The Balaban J connectivity index is 1.91. The monoisotopic (exact) mass is 296 g/mol. The summed E-state index contributed by atoms with van der Waals surface area (Å²) < 4.78 is 5.83. The SMILES string of the molecule is CCCC(=O)CCCc1ccc(Oc2ccccc2)cc1C. The second-order valence-corrected chi connectivity index (χ2v) is 5.65. The molecule has 2 aromatic carbocycles. The van der Waals surface area contributed by atoms with E-state index in [4.69, 9.17) is 4.74 Å². The Bertz CT molecular complexity index is 602. The summed E-state index contributed by atoms with van der Waals surface area (Å²) >= 11 is 0. The minimum Gasteiger partial charge on any atom is -0.457 e. The van der Waals surface area contributed by atoms with Gasteiger partial charge in [-0.2, -0.15) is 0 Å². The van der Waals surface area contributed by atoms with Crippen LogP contribution in [0.15, 0.2) is 48.5 Å². The number of ketones is 1. The number of para-hydroxylation sites is 1. The molecule has 0 amide bonds. The lowest BCUT2D eigenvalue weighted by Crippen LogP contribution is -1.99. The van der Waals surface area contributed by atoms with Gasteiger partial charge in [0.2, 0.25) is 0 Å². The zero-order valence-electron chi connectivity index (χ0n) is 13.5. The summed E-state index contributed by atoms with van der Waals surface area (Å²) in [6.45, 7) is 4.15. The normalized spacial score (nSPS) is 10.5. The molecule has 0 heterocycles. The first-order valence-corrected chi connectivity index (χ1v) is 8.03. The molecule has 2 nitrogen and oxygen atoms in total. The smallest absolute Gasteiger partial charge is 0.132 e. The molecule has 0 saturated carbocycles. The molecule has 0 saturated heterocycles. The van der Waals surface area contributed by atoms with Crippen LogP contribution in [0.4, 0.5) is 0 Å². The van der Waals surface area contributed by atoms with Gasteiger partial charge in [0.1, 0.15) is 17.3 Å². The molecule has 2 rings (SSSR count). The van der Waals surface area contributed by atoms with Gasteiger partial charge in [0, 0.05) is 12.8 Å². The summed E-state index contributed by atoms with van der Waals surface area (Å²) in [4.78, 5) is 11.6. The molecule has 0 spiro atoms. The van der Waals surface area contributed by atoms with Crippen molar-refractivity contribution in [2.45, 2.75) is 46.0 Å². The van der Waals surface area contributed by atoms with Crippen LogP contribution in [0.25, 0.3) is 0 Å². The molecule has 2 aromatic rings. The maximum Gasteiger partial charge on any atom is 0.132 e. The fourth-order valence-electron chi connectivity index (χ4n) is 2.52. The number of carbonyl (C=O) groups is 1. The lowest BCUT2D eigenvalue weighted by atomic mass is 10.0. The molecule has 0 aliphatic rings. The molecule has 0 atom stereocenters. The Kier molecular flexibility index (Phi) is 6.20. The Morgan fingerprint density at radius 2 is 1.77 bits per heavy atom. The summed E-state index contributed by atoms with van der Waals surface area (Å²) in [5, 5.41) is 0. The molecule has 0 aromatic heterocycles. The van der Waals surface area contributed by atoms with E-state index < -0.39 is 0 Å². The van der Waals surface area contributed by atoms with Crippen molar-refractivity contribution in [3.05, 3.63) is 59.7 Å². The van der Waals surface area contributed by atoms with Crippen molar-refractivity contribution in [1.29, 1.82) is 0 Å². The van der Waals surface area contributed by atoms with Gasteiger partial charge in [0.25, 0.3) is 0 Å². The number of Topliss-reactive ketones (excluding diaryl/α,β-unsaturated/α-hetero) is 1. The van der Waals surface area contributed by atoms with Crippen molar-refractivity contribution in [2.75, 3.05) is 0 Å². The maximum atomic E-state index is 11.6. The lowest BCUT2D eigenvalue weighted by molar-refractivity contribution is -0.119. The fraction of sp³-hybridized carbons (Fsp3) is 0.350. The summed E-state index contributed by atoms with van der Waals surface area (Å²) in [5.74, 6) is 2.08. The van der Waals surface area contributed by atoms with Crippen LogP contribution in [0.5, 0.6) is 11.5 Å². The van der Waals surface area contributed by atoms with Crippen LogP contribution in [0, 0.1) is 6.92 Å². The third kappa shape index (κ3) is 5.03. The van der Waals surface area contributed by atoms with E-state index in [1.165, 1.54) is 11.1 Å². The van der Waals surface area contributed by atoms with E-state index >= 15 is 0 Å². The van der Waals surface area contributed by atoms with E-state index in [0.717, 1.165) is 30.8 Å². The molecule has 0 fully saturated rings. The van der Waals surface area contributed by atoms with Crippen LogP contribution in [0.3, 0.4) is 0 Å². The number of rotatable bonds is 8. The Hall–Kier alpha value is -2.09. The molecule has 0 N–H and O–H groups in total. The maximum absolute atomic E-state index is 11.6. The first-order chi connectivity index (χ1) is 10.7. The molecule has 22 heavy (non-hydrogen) atoms. The third-order valence-corrected chi connectivity index (χ3v) is 3.72. The van der Waals surface area contributed by atoms with Crippen molar-refractivity contribution < 1.29 is 9.53 Å². The quantitative estimate of drug-likeness (QED) is 0.645. The highest BCUT2D eigenvalue weighted by Crippen LogP contribution is 2.24. The number of benzene rings is 2. The highest BCUT2D eigenvalue weighted by Gasteiger charge is 2.05. The van der Waals surface area contributed by atoms with Gasteiger partial charge >= 0.3 is 0 Å². The van der Waals surface area contributed by atoms with E-state index in [-0.39, 0.29) is 0 Å². The standard InChI is InChI=1S/C20H24O2/c1-3-8-18(21)10-7-9-17-13-14-20(15-16(17)2)22-19-11-5-4-6-12-19/h4-6,11-15H,3,7-10H2,1-2H3. The molecule has 0 aliphatic carbocycles. The summed E-state index contributed by atoms with van der Waals surface area (Å²) in [6, 6.07) is 16.0. The van der Waals surface area contributed by atoms with Gasteiger partial charge in [-0.05, 0) is 61.6 Å². The predicted molar refractivity (Wildman–Crippen MR) is 90.5 cm³/mol. The zero-order chi connectivity index (χ0) is 15.8. The number of aryl methyl sites for hydroxylation is 2. The number of carbonyl (C=O) groups excluding carboxylic acids is 1. The van der Waals surface area contributed by atoms with E-state index in [1.807, 2.05) is 43.3 Å². The van der Waals surface area contributed by atoms with Crippen LogP contribution < -0.4 is 4.74 Å². The largest absolute Gasteiger partial charge is 0.457 e. The predicted octanol–water partition coefficient (Wildman–Crippen LogP) is 5.48. The number of ether oxygens (including phenoxy) is 1. The van der Waals surface area contributed by atoms with Gasteiger partial charge < -0.3 is 4.74 Å². The first-order valence-electron chi connectivity index (χ1n) is 8.03. The molecule has 116 valence electrons. The van der Waals surface area contributed by atoms with E-state index in [1.54, 1.807) is 0 Å². The van der Waals surface area contributed by atoms with Crippen molar-refractivity contribution in [2.24, 2.45) is 0 Å². The van der Waals surface area contributed by atoms with Crippen molar-refractivity contribution in [1.82, 2.24) is 0 Å². The number of hydrogen-bond donors (Lipinski definition) is 0. The van der Waals surface area contributed by atoms with Crippen LogP contribution in [-0.2, 0) is 11.2 Å². The average molecular weight is 296 g/mol. The Labute approximate surface area is 133 Å². The second kappa shape index (κ2) is 8.38. The topological polar surface area (TPSA) is 26.3 Å². The third-order valence-electron chi connectivity index (χ3n) is 3.72. The van der Waals surface area contributed by atoms with Gasteiger partial charge in [0.05, 0.1) is 0 Å². The summed E-state index contributed by atoms with van der Waals surface area (Å²) in [5.41, 5.74) is 2.51. The van der Waals surface area contributed by atoms with Gasteiger partial charge in [-0.25, -0.2) is 0 Å². The van der Waals surface area contributed by atoms with Gasteiger partial charge in [0.15, 0.2) is 0 Å². The molecule has 0 radical (unpaired) electrons. The van der Waals surface area contributed by atoms with Crippen LogP contribution in [0.2, 0.25) is 0 Å². The molecular weight excluding hydrogens is 272 g/mol. The van der Waals surface area contributed by atoms with Gasteiger partial charge in [-0.1, -0.05) is 31.2 Å². The molecule has 2 heteroatoms. The summed E-state index contributed by atoms with van der Waals surface area (Å²) in [7, 11) is 0. The van der Waals surface area contributed by atoms with Gasteiger partial charge in [-0.3, -0.25) is 4.79 Å². The van der Waals surface area contributed by atoms with E-state index in [0.29, 0.717) is 18.6 Å². The highest BCUT2D eigenvalue weighted by molar-refractivity contribution is 5.78. The van der Waals surface area contributed by atoms with Gasteiger partial charge in [-0.15, -0.1) is 0 Å². The lowest BCUT2D eigenvalue weighted by Gasteiger charge is -2.10. The van der Waals surface area contributed by atoms with Crippen LogP contribution >= 0.6 is 0 Å². The minimum absolute atomic E-state index is 0.379. The molecule has 0 bridgehead atoms. The second-order valence-electron chi connectivity index (χ2n) is 5.65. The molecular formula is C20H24O2. The molecule has 0 aliphatic heterocycles. The highest BCUT2D eigenvalue weighted by atomic mass is 16.5. The number of hydrogen-bond acceptors (Lipinski definition) is 2. The average Bonchev–Trinajstić information content (AvgIpc) is 2.51. The Morgan fingerprint density at radius 3 is 2.45 bits per heavy atom.